The normalized spacial score (nSPS) is 11.3. The molecule has 4 aromatic heterocycles. The zero-order valence-electron chi connectivity index (χ0n) is 19.9. The second-order valence-electron chi connectivity index (χ2n) is 8.21. The summed E-state index contributed by atoms with van der Waals surface area (Å²) in [7, 11) is 0. The topological polar surface area (TPSA) is 120 Å². The van der Waals surface area contributed by atoms with E-state index in [-0.39, 0.29) is 34.1 Å². The molecule has 2 N–H and O–H groups in total. The quantitative estimate of drug-likeness (QED) is 0.337. The van der Waals surface area contributed by atoms with E-state index >= 15 is 0 Å². The third-order valence-electron chi connectivity index (χ3n) is 5.64. The number of nitrogens with zero attached hydrogens (tertiary/aromatic N) is 6. The second kappa shape index (κ2) is 10.2. The summed E-state index contributed by atoms with van der Waals surface area (Å²) in [6, 6.07) is 17.6. The van der Waals surface area contributed by atoms with Crippen molar-refractivity contribution in [3.8, 4) is 16.9 Å². The fourth-order valence-electron chi connectivity index (χ4n) is 3.82. The minimum Gasteiger partial charge on any atom is -0.366 e. The van der Waals surface area contributed by atoms with Crippen molar-refractivity contribution in [3.63, 3.8) is 0 Å². The molecule has 0 aliphatic rings. The van der Waals surface area contributed by atoms with Crippen molar-refractivity contribution < 1.29 is 22.8 Å². The highest BCUT2D eigenvalue weighted by Gasteiger charge is 2.36. The predicted octanol–water partition coefficient (Wildman–Crippen LogP) is 4.82. The van der Waals surface area contributed by atoms with E-state index < -0.39 is 23.7 Å². The van der Waals surface area contributed by atoms with Crippen LogP contribution in [0.4, 0.5) is 24.8 Å². The summed E-state index contributed by atoms with van der Waals surface area (Å²) in [6.07, 6.45) is 0.870. The maximum absolute atomic E-state index is 13.9. The molecule has 4 heterocycles. The molecule has 5 rings (SSSR count). The van der Waals surface area contributed by atoms with Crippen LogP contribution in [0, 0.1) is 0 Å². The molecule has 0 unspecified atom stereocenters. The van der Waals surface area contributed by atoms with Gasteiger partial charge in [0.25, 0.3) is 5.91 Å². The first-order valence-electron chi connectivity index (χ1n) is 11.4. The van der Waals surface area contributed by atoms with Crippen LogP contribution < -0.4 is 10.6 Å². The molecular weight excluding hydrogens is 511 g/mol. The monoisotopic (exact) mass is 529 g/mol. The number of benzene rings is 1. The van der Waals surface area contributed by atoms with E-state index in [4.69, 9.17) is 5.73 Å². The number of hydrogen-bond donors (Lipinski definition) is 1. The maximum atomic E-state index is 13.9. The zero-order chi connectivity index (χ0) is 27.6. The van der Waals surface area contributed by atoms with Crippen LogP contribution in [0.1, 0.15) is 26.4 Å². The van der Waals surface area contributed by atoms with Crippen LogP contribution in [0.25, 0.3) is 16.9 Å². The van der Waals surface area contributed by atoms with Gasteiger partial charge in [0.15, 0.2) is 0 Å². The Labute approximate surface area is 219 Å². The first-order valence-corrected chi connectivity index (χ1v) is 11.4. The number of carbonyl (C=O) groups excluding carboxylic acids is 2. The lowest BCUT2D eigenvalue weighted by molar-refractivity contribution is -0.142. The molecule has 0 spiro atoms. The Bertz CT molecular complexity index is 1640. The third kappa shape index (κ3) is 5.21. The van der Waals surface area contributed by atoms with E-state index in [0.29, 0.717) is 5.56 Å². The Kier molecular flexibility index (Phi) is 6.59. The molecule has 9 nitrogen and oxygen atoms in total. The molecule has 194 valence electrons. The average molecular weight is 529 g/mol. The molecule has 5 aromatic rings. The number of carbonyl (C=O) groups is 2. The van der Waals surface area contributed by atoms with Gasteiger partial charge in [0.1, 0.15) is 17.3 Å². The number of pyridine rings is 3. The molecular formula is C27H18F3N7O2. The number of amides is 2. The first kappa shape index (κ1) is 25.3. The van der Waals surface area contributed by atoms with Crippen molar-refractivity contribution in [2.24, 2.45) is 5.73 Å². The smallest absolute Gasteiger partial charge is 0.366 e. The number of halogens is 3. The Balaban J connectivity index is 1.56. The Morgan fingerprint density at radius 3 is 2.26 bits per heavy atom. The van der Waals surface area contributed by atoms with Crippen LogP contribution in [0.5, 0.6) is 0 Å². The summed E-state index contributed by atoms with van der Waals surface area (Å²) < 4.78 is 42.4. The number of nitrogens with two attached hydrogens (primary N) is 1. The summed E-state index contributed by atoms with van der Waals surface area (Å²) >= 11 is 0. The summed E-state index contributed by atoms with van der Waals surface area (Å²) in [5.41, 5.74) is 5.13. The van der Waals surface area contributed by atoms with Crippen LogP contribution in [-0.2, 0) is 6.18 Å². The van der Waals surface area contributed by atoms with Gasteiger partial charge in [-0.3, -0.25) is 14.6 Å². The molecule has 2 amide bonds. The van der Waals surface area contributed by atoms with Crippen molar-refractivity contribution in [2.75, 3.05) is 4.90 Å². The van der Waals surface area contributed by atoms with Gasteiger partial charge in [-0.25, -0.2) is 19.5 Å². The lowest BCUT2D eigenvalue weighted by atomic mass is 10.1. The molecule has 0 aliphatic heterocycles. The maximum Gasteiger partial charge on any atom is 0.433 e. The predicted molar refractivity (Wildman–Crippen MR) is 135 cm³/mol. The molecule has 0 aliphatic carbocycles. The number of anilines is 2. The van der Waals surface area contributed by atoms with Crippen molar-refractivity contribution >= 4 is 23.5 Å². The molecule has 0 saturated carbocycles. The molecule has 0 radical (unpaired) electrons. The Morgan fingerprint density at radius 1 is 0.821 bits per heavy atom. The first-order chi connectivity index (χ1) is 18.7. The van der Waals surface area contributed by atoms with E-state index in [1.807, 2.05) is 0 Å². The van der Waals surface area contributed by atoms with Gasteiger partial charge in [-0.1, -0.05) is 12.1 Å². The zero-order valence-corrected chi connectivity index (χ0v) is 19.9. The van der Waals surface area contributed by atoms with E-state index in [1.165, 1.54) is 66.1 Å². The van der Waals surface area contributed by atoms with Crippen LogP contribution in [0.2, 0.25) is 0 Å². The highest BCUT2D eigenvalue weighted by Crippen LogP contribution is 2.34. The van der Waals surface area contributed by atoms with Gasteiger partial charge in [-0.05, 0) is 60.7 Å². The lowest BCUT2D eigenvalue weighted by Gasteiger charge is -2.21. The number of aromatic nitrogens is 5. The summed E-state index contributed by atoms with van der Waals surface area (Å²) in [6.45, 7) is 0. The number of primary amides is 1. The minimum absolute atomic E-state index is 0.0189. The second-order valence-corrected chi connectivity index (χ2v) is 8.21. The molecule has 0 atom stereocenters. The summed E-state index contributed by atoms with van der Waals surface area (Å²) in [5.74, 6) is -0.992. The highest BCUT2D eigenvalue weighted by molar-refractivity contribution is 6.10. The van der Waals surface area contributed by atoms with Gasteiger partial charge in [-0.2, -0.15) is 18.3 Å². The van der Waals surface area contributed by atoms with E-state index in [1.54, 1.807) is 30.3 Å². The summed E-state index contributed by atoms with van der Waals surface area (Å²) in [4.78, 5) is 38.8. The van der Waals surface area contributed by atoms with Gasteiger partial charge in [0.2, 0.25) is 5.91 Å². The van der Waals surface area contributed by atoms with E-state index in [2.05, 4.69) is 20.1 Å². The minimum atomic E-state index is -4.70. The van der Waals surface area contributed by atoms with Gasteiger partial charge in [-0.15, -0.1) is 0 Å². The number of alkyl halides is 3. The molecule has 1 aromatic carbocycles. The average Bonchev–Trinajstić information content (AvgIpc) is 3.41. The highest BCUT2D eigenvalue weighted by atomic mass is 19.4. The van der Waals surface area contributed by atoms with Gasteiger partial charge < -0.3 is 5.73 Å². The van der Waals surface area contributed by atoms with Crippen molar-refractivity contribution in [1.29, 1.82) is 0 Å². The van der Waals surface area contributed by atoms with Crippen molar-refractivity contribution in [3.05, 3.63) is 114 Å². The van der Waals surface area contributed by atoms with E-state index in [0.717, 1.165) is 10.7 Å². The molecule has 12 heteroatoms. The van der Waals surface area contributed by atoms with E-state index in [9.17, 15) is 22.8 Å². The van der Waals surface area contributed by atoms with Gasteiger partial charge in [0, 0.05) is 35.3 Å². The van der Waals surface area contributed by atoms with Crippen molar-refractivity contribution in [2.45, 2.75) is 6.18 Å². The van der Waals surface area contributed by atoms with Gasteiger partial charge in [0.05, 0.1) is 17.6 Å². The summed E-state index contributed by atoms with van der Waals surface area (Å²) in [5, 5.41) is 4.14. The van der Waals surface area contributed by atoms with Crippen LogP contribution in [-0.4, -0.2) is 36.5 Å². The Morgan fingerprint density at radius 2 is 1.62 bits per heavy atom. The largest absolute Gasteiger partial charge is 0.433 e. The Hall–Kier alpha value is -5.39. The molecule has 39 heavy (non-hydrogen) atoms. The standard InChI is InChI=1S/C27H18F3N7O2/c28-27(29,30)22-14-21(19-7-4-11-32-15-19)35-37(22)20-9-10-24(34-16-20)36(23-8-1-2-12-33-23)26(39)18-6-3-5-17(13-18)25(31)38/h1-16H,(H2,31,38). The molecule has 0 saturated heterocycles. The van der Waals surface area contributed by atoms with Gasteiger partial charge >= 0.3 is 6.18 Å². The van der Waals surface area contributed by atoms with Crippen LogP contribution >= 0.6 is 0 Å². The number of rotatable bonds is 6. The fraction of sp³-hybridized carbons (Fsp3) is 0.0370. The van der Waals surface area contributed by atoms with Crippen molar-refractivity contribution in [1.82, 2.24) is 24.7 Å². The SMILES string of the molecule is NC(=O)c1cccc(C(=O)N(c2ccccn2)c2ccc(-n3nc(-c4cccnc4)cc3C(F)(F)F)cn2)c1. The fourth-order valence-corrected chi connectivity index (χ4v) is 3.82. The third-order valence-corrected chi connectivity index (χ3v) is 5.64. The lowest BCUT2D eigenvalue weighted by Crippen LogP contribution is -2.28. The van der Waals surface area contributed by atoms with Crippen LogP contribution in [0.15, 0.2) is 97.6 Å². The van der Waals surface area contributed by atoms with Crippen LogP contribution in [0.3, 0.4) is 0 Å². The molecule has 0 fully saturated rings. The number of hydrogen-bond acceptors (Lipinski definition) is 6. The molecule has 0 bridgehead atoms.